The number of pyridine rings is 1. The van der Waals surface area contributed by atoms with Gasteiger partial charge in [-0.2, -0.15) is 4.98 Å². The number of aromatic nitrogens is 3. The van der Waals surface area contributed by atoms with Gasteiger partial charge < -0.3 is 9.84 Å². The summed E-state index contributed by atoms with van der Waals surface area (Å²) in [5, 5.41) is 7.41. The largest absolute Gasteiger partial charge is 0.366 e. The minimum Gasteiger partial charge on any atom is -0.366 e. The molecule has 4 rings (SSSR count). The number of benzene rings is 1. The molecule has 1 saturated carbocycles. The van der Waals surface area contributed by atoms with E-state index < -0.39 is 0 Å². The standard InChI is InChI=1S/C19H19FN4O/c1-12-22-19(25-24-12)16-5-3-11-21-18(16)23-17-6-2-4-15(17)13-7-9-14(20)10-8-13/h3,5,7-11,15,17H,2,4,6H2,1H3,(H,21,23). The number of nitrogens with one attached hydrogen (secondary N) is 1. The second-order valence-electron chi connectivity index (χ2n) is 6.39. The van der Waals surface area contributed by atoms with E-state index in [4.69, 9.17) is 4.52 Å². The number of halogens is 1. The van der Waals surface area contributed by atoms with Crippen molar-refractivity contribution in [1.82, 2.24) is 15.1 Å². The molecule has 128 valence electrons. The average molecular weight is 338 g/mol. The summed E-state index contributed by atoms with van der Waals surface area (Å²) in [6.07, 6.45) is 4.99. The normalized spacial score (nSPS) is 19.9. The molecule has 1 aliphatic carbocycles. The molecule has 2 unspecified atom stereocenters. The molecule has 0 radical (unpaired) electrons. The third kappa shape index (κ3) is 3.24. The van der Waals surface area contributed by atoms with Crippen molar-refractivity contribution < 1.29 is 8.91 Å². The van der Waals surface area contributed by atoms with E-state index in [1.165, 1.54) is 12.1 Å². The molecule has 0 aliphatic heterocycles. The summed E-state index contributed by atoms with van der Waals surface area (Å²) in [6, 6.07) is 10.8. The van der Waals surface area contributed by atoms with E-state index in [-0.39, 0.29) is 11.9 Å². The van der Waals surface area contributed by atoms with Crippen molar-refractivity contribution in [3.05, 3.63) is 59.8 Å². The van der Waals surface area contributed by atoms with Crippen LogP contribution in [-0.2, 0) is 0 Å². The lowest BCUT2D eigenvalue weighted by Crippen LogP contribution is -2.23. The number of nitrogens with zero attached hydrogens (tertiary/aromatic N) is 3. The van der Waals surface area contributed by atoms with Crippen LogP contribution in [0, 0.1) is 12.7 Å². The molecule has 1 N–H and O–H groups in total. The molecule has 2 heterocycles. The van der Waals surface area contributed by atoms with Crippen molar-refractivity contribution in [2.45, 2.75) is 38.1 Å². The molecule has 1 fully saturated rings. The molecular weight excluding hydrogens is 319 g/mol. The van der Waals surface area contributed by atoms with Crippen LogP contribution in [0.3, 0.4) is 0 Å². The van der Waals surface area contributed by atoms with Gasteiger partial charge in [0.25, 0.3) is 5.89 Å². The Morgan fingerprint density at radius 2 is 2.00 bits per heavy atom. The zero-order chi connectivity index (χ0) is 17.2. The smallest absolute Gasteiger partial charge is 0.261 e. The molecule has 1 aliphatic rings. The molecule has 6 heteroatoms. The van der Waals surface area contributed by atoms with Crippen LogP contribution in [0.5, 0.6) is 0 Å². The van der Waals surface area contributed by atoms with Crippen molar-refractivity contribution in [2.75, 3.05) is 5.32 Å². The van der Waals surface area contributed by atoms with Crippen LogP contribution in [-0.4, -0.2) is 21.2 Å². The molecule has 0 bridgehead atoms. The summed E-state index contributed by atoms with van der Waals surface area (Å²) in [6.45, 7) is 1.79. The van der Waals surface area contributed by atoms with Gasteiger partial charge in [0.1, 0.15) is 11.6 Å². The monoisotopic (exact) mass is 338 g/mol. The topological polar surface area (TPSA) is 63.8 Å². The van der Waals surface area contributed by atoms with Gasteiger partial charge in [-0.1, -0.05) is 23.7 Å². The molecule has 2 atom stereocenters. The predicted octanol–water partition coefficient (Wildman–Crippen LogP) is 4.33. The maximum atomic E-state index is 13.2. The Morgan fingerprint density at radius 1 is 1.16 bits per heavy atom. The predicted molar refractivity (Wildman–Crippen MR) is 92.7 cm³/mol. The van der Waals surface area contributed by atoms with Gasteiger partial charge in [0.05, 0.1) is 5.56 Å². The van der Waals surface area contributed by atoms with Crippen molar-refractivity contribution >= 4 is 5.82 Å². The molecule has 0 spiro atoms. The van der Waals surface area contributed by atoms with Gasteiger partial charge in [-0.3, -0.25) is 0 Å². The van der Waals surface area contributed by atoms with E-state index in [0.29, 0.717) is 17.6 Å². The summed E-state index contributed by atoms with van der Waals surface area (Å²) in [5.74, 6) is 1.93. The van der Waals surface area contributed by atoms with E-state index in [2.05, 4.69) is 20.4 Å². The van der Waals surface area contributed by atoms with Crippen LogP contribution in [0.25, 0.3) is 11.5 Å². The fraction of sp³-hybridized carbons (Fsp3) is 0.316. The number of hydrogen-bond donors (Lipinski definition) is 1. The third-order valence-corrected chi connectivity index (χ3v) is 4.70. The first-order chi connectivity index (χ1) is 12.2. The first kappa shape index (κ1) is 15.7. The summed E-state index contributed by atoms with van der Waals surface area (Å²) in [7, 11) is 0. The lowest BCUT2D eigenvalue weighted by molar-refractivity contribution is 0.425. The van der Waals surface area contributed by atoms with Crippen molar-refractivity contribution in [3.8, 4) is 11.5 Å². The van der Waals surface area contributed by atoms with Crippen molar-refractivity contribution in [3.63, 3.8) is 0 Å². The Morgan fingerprint density at radius 3 is 2.76 bits per heavy atom. The molecule has 25 heavy (non-hydrogen) atoms. The van der Waals surface area contributed by atoms with Gasteiger partial charge in [0.15, 0.2) is 5.82 Å². The first-order valence-electron chi connectivity index (χ1n) is 8.48. The second-order valence-corrected chi connectivity index (χ2v) is 6.39. The molecule has 1 aromatic carbocycles. The van der Waals surface area contributed by atoms with Gasteiger partial charge in [-0.15, -0.1) is 0 Å². The van der Waals surface area contributed by atoms with Gasteiger partial charge in [-0.25, -0.2) is 9.37 Å². The molecular formula is C19H19FN4O. The molecule has 0 saturated heterocycles. The molecule has 5 nitrogen and oxygen atoms in total. The summed E-state index contributed by atoms with van der Waals surface area (Å²) >= 11 is 0. The fourth-order valence-electron chi connectivity index (χ4n) is 3.52. The average Bonchev–Trinajstić information content (AvgIpc) is 3.25. The lowest BCUT2D eigenvalue weighted by Gasteiger charge is -2.22. The summed E-state index contributed by atoms with van der Waals surface area (Å²) in [4.78, 5) is 8.77. The zero-order valence-corrected chi connectivity index (χ0v) is 13.9. The Balaban J connectivity index is 1.60. The number of anilines is 1. The highest BCUT2D eigenvalue weighted by molar-refractivity contribution is 5.69. The lowest BCUT2D eigenvalue weighted by atomic mass is 9.94. The van der Waals surface area contributed by atoms with E-state index >= 15 is 0 Å². The number of hydrogen-bond acceptors (Lipinski definition) is 5. The number of rotatable bonds is 4. The fourth-order valence-corrected chi connectivity index (χ4v) is 3.52. The maximum Gasteiger partial charge on any atom is 0.261 e. The highest BCUT2D eigenvalue weighted by Crippen LogP contribution is 2.37. The molecule has 3 aromatic rings. The van der Waals surface area contributed by atoms with Crippen LogP contribution in [0.1, 0.15) is 36.6 Å². The maximum absolute atomic E-state index is 13.2. The van der Waals surface area contributed by atoms with E-state index in [1.54, 1.807) is 13.1 Å². The Kier molecular flexibility index (Phi) is 4.17. The van der Waals surface area contributed by atoms with Crippen LogP contribution >= 0.6 is 0 Å². The quantitative estimate of drug-likeness (QED) is 0.767. The van der Waals surface area contributed by atoms with E-state index in [0.717, 1.165) is 36.2 Å². The summed E-state index contributed by atoms with van der Waals surface area (Å²) in [5.41, 5.74) is 1.95. The van der Waals surface area contributed by atoms with Gasteiger partial charge in [-0.05, 0) is 49.6 Å². The minimum absolute atomic E-state index is 0.204. The highest BCUT2D eigenvalue weighted by Gasteiger charge is 2.29. The Hall–Kier alpha value is -2.76. The first-order valence-corrected chi connectivity index (χ1v) is 8.48. The van der Waals surface area contributed by atoms with Crippen LogP contribution < -0.4 is 5.32 Å². The van der Waals surface area contributed by atoms with Gasteiger partial charge >= 0.3 is 0 Å². The Labute approximate surface area is 145 Å². The molecule has 2 aromatic heterocycles. The zero-order valence-electron chi connectivity index (χ0n) is 13.9. The van der Waals surface area contributed by atoms with Crippen molar-refractivity contribution in [2.24, 2.45) is 0 Å². The minimum atomic E-state index is -0.204. The van der Waals surface area contributed by atoms with E-state index in [1.807, 2.05) is 24.3 Å². The van der Waals surface area contributed by atoms with Crippen LogP contribution in [0.15, 0.2) is 47.1 Å². The van der Waals surface area contributed by atoms with E-state index in [9.17, 15) is 4.39 Å². The SMILES string of the molecule is Cc1noc(-c2cccnc2NC2CCCC2c2ccc(F)cc2)n1. The second kappa shape index (κ2) is 6.63. The highest BCUT2D eigenvalue weighted by atomic mass is 19.1. The van der Waals surface area contributed by atoms with Crippen molar-refractivity contribution in [1.29, 1.82) is 0 Å². The third-order valence-electron chi connectivity index (χ3n) is 4.70. The molecule has 0 amide bonds. The number of aryl methyl sites for hydroxylation is 1. The van der Waals surface area contributed by atoms with Gasteiger partial charge in [0.2, 0.25) is 0 Å². The summed E-state index contributed by atoms with van der Waals surface area (Å²) < 4.78 is 18.5. The van der Waals surface area contributed by atoms with Crippen LogP contribution in [0.4, 0.5) is 10.2 Å². The Bertz CT molecular complexity index is 862. The van der Waals surface area contributed by atoms with Crippen LogP contribution in [0.2, 0.25) is 0 Å². The van der Waals surface area contributed by atoms with Gasteiger partial charge in [0, 0.05) is 18.2 Å².